The van der Waals surface area contributed by atoms with Gasteiger partial charge in [0.1, 0.15) is 18.0 Å². The van der Waals surface area contributed by atoms with Gasteiger partial charge in [0.2, 0.25) is 11.8 Å². The molecule has 0 radical (unpaired) electrons. The summed E-state index contributed by atoms with van der Waals surface area (Å²) in [6, 6.07) is 23.4. The number of hydrogen-bond donors (Lipinski definition) is 2. The number of benzene rings is 3. The summed E-state index contributed by atoms with van der Waals surface area (Å²) in [5.74, 6) is -0.262. The van der Waals surface area contributed by atoms with Crippen LogP contribution in [0.25, 0.3) is 0 Å². The number of phenolic OH excluding ortho intramolecular Hbond substituents is 1. The van der Waals surface area contributed by atoms with E-state index in [1.54, 1.807) is 44.1 Å². The number of urea groups is 1. The Kier molecular flexibility index (Phi) is 10.0. The second kappa shape index (κ2) is 14.7. The Labute approximate surface area is 275 Å². The first-order chi connectivity index (χ1) is 22.9. The Morgan fingerprint density at radius 3 is 2.45 bits per heavy atom. The number of phenols is 1. The molecule has 3 aromatic carbocycles. The number of carbonyl (C=O) groups excluding carboxylic acids is 3. The summed E-state index contributed by atoms with van der Waals surface area (Å²) in [6.45, 7) is 5.98. The summed E-state index contributed by atoms with van der Waals surface area (Å²) in [4.78, 5) is 47.9. The second-order valence-electron chi connectivity index (χ2n) is 12.1. The highest BCUT2D eigenvalue weighted by Crippen LogP contribution is 2.30. The lowest BCUT2D eigenvalue weighted by Crippen LogP contribution is -2.76. The largest absolute Gasteiger partial charge is 0.508 e. The van der Waals surface area contributed by atoms with Crippen molar-refractivity contribution in [1.29, 1.82) is 0 Å². The number of amides is 4. The van der Waals surface area contributed by atoms with Crippen LogP contribution in [0.4, 0.5) is 10.5 Å². The molecule has 2 N–H and O–H groups in total. The number of aromatic hydroxyl groups is 1. The highest BCUT2D eigenvalue weighted by Gasteiger charge is 2.51. The minimum atomic E-state index is -0.832. The first-order valence-electron chi connectivity index (χ1n) is 16.2. The van der Waals surface area contributed by atoms with Crippen molar-refractivity contribution in [2.75, 3.05) is 50.8 Å². The van der Waals surface area contributed by atoms with Crippen LogP contribution in [0.15, 0.2) is 91.0 Å². The number of ether oxygens (including phenoxy) is 1. The van der Waals surface area contributed by atoms with Gasteiger partial charge in [-0.15, -0.1) is 0 Å². The molecule has 47 heavy (non-hydrogen) atoms. The van der Waals surface area contributed by atoms with Crippen LogP contribution in [0.5, 0.6) is 5.75 Å². The molecule has 11 heteroatoms. The topological polar surface area (TPSA) is 109 Å². The molecule has 0 aromatic heterocycles. The number of allylic oxidation sites excluding steroid dienone is 1. The number of nitrogens with one attached hydrogen (secondary N) is 1. The van der Waals surface area contributed by atoms with Crippen molar-refractivity contribution in [3.63, 3.8) is 0 Å². The van der Waals surface area contributed by atoms with E-state index < -0.39 is 12.2 Å². The zero-order valence-electron chi connectivity index (χ0n) is 26.7. The van der Waals surface area contributed by atoms with Gasteiger partial charge in [0.15, 0.2) is 0 Å². The molecular formula is C36H42N6O5. The Bertz CT molecular complexity index is 1580. The van der Waals surface area contributed by atoms with E-state index in [2.05, 4.69) is 22.3 Å². The number of piperazine rings is 1. The summed E-state index contributed by atoms with van der Waals surface area (Å²) in [6.07, 6.45) is 3.33. The number of anilines is 1. The quantitative estimate of drug-likeness (QED) is 0.346. The molecule has 11 nitrogen and oxygen atoms in total. The smallest absolute Gasteiger partial charge is 0.334 e. The van der Waals surface area contributed by atoms with Gasteiger partial charge in [-0.25, -0.2) is 14.8 Å². The lowest BCUT2D eigenvalue weighted by atomic mass is 9.98. The molecule has 2 atom stereocenters. The van der Waals surface area contributed by atoms with Crippen molar-refractivity contribution in [3.05, 3.63) is 108 Å². The van der Waals surface area contributed by atoms with Gasteiger partial charge in [-0.2, -0.15) is 0 Å². The van der Waals surface area contributed by atoms with Crippen molar-refractivity contribution in [1.82, 2.24) is 25.1 Å². The zero-order chi connectivity index (χ0) is 32.8. The minimum Gasteiger partial charge on any atom is -0.508 e. The number of carbonyl (C=O) groups is 3. The monoisotopic (exact) mass is 638 g/mol. The molecular weight excluding hydrogens is 596 g/mol. The Balaban J connectivity index is 1.33. The molecule has 3 aliphatic heterocycles. The molecule has 3 aromatic rings. The fourth-order valence-corrected chi connectivity index (χ4v) is 6.52. The van der Waals surface area contributed by atoms with E-state index in [0.29, 0.717) is 32.8 Å². The van der Waals surface area contributed by atoms with Crippen LogP contribution in [0.2, 0.25) is 0 Å². The second-order valence-corrected chi connectivity index (χ2v) is 12.1. The van der Waals surface area contributed by atoms with Crippen LogP contribution in [0.3, 0.4) is 0 Å². The summed E-state index contributed by atoms with van der Waals surface area (Å²) >= 11 is 0. The predicted molar refractivity (Wildman–Crippen MR) is 178 cm³/mol. The van der Waals surface area contributed by atoms with Crippen LogP contribution in [-0.4, -0.2) is 101 Å². The van der Waals surface area contributed by atoms with Crippen LogP contribution in [-0.2, 0) is 33.8 Å². The van der Waals surface area contributed by atoms with Crippen molar-refractivity contribution >= 4 is 23.5 Å². The Morgan fingerprint density at radius 2 is 1.70 bits per heavy atom. The highest BCUT2D eigenvalue weighted by molar-refractivity contribution is 5.91. The fourth-order valence-electron chi connectivity index (χ4n) is 6.52. The lowest BCUT2D eigenvalue weighted by Gasteiger charge is -2.55. The highest BCUT2D eigenvalue weighted by atomic mass is 16.5. The van der Waals surface area contributed by atoms with E-state index >= 15 is 0 Å². The number of nitrogens with zero attached hydrogens (tertiary/aromatic N) is 5. The minimum absolute atomic E-state index is 0.0411. The van der Waals surface area contributed by atoms with Crippen LogP contribution >= 0.6 is 0 Å². The molecule has 3 aliphatic rings. The zero-order valence-corrected chi connectivity index (χ0v) is 26.7. The molecule has 246 valence electrons. The molecule has 6 rings (SSSR count). The molecule has 3 heterocycles. The first kappa shape index (κ1) is 32.1. The molecule has 4 amide bonds. The van der Waals surface area contributed by atoms with E-state index in [1.165, 1.54) is 0 Å². The molecule has 3 saturated heterocycles. The lowest BCUT2D eigenvalue weighted by molar-refractivity contribution is -0.189. The third kappa shape index (κ3) is 7.42. The van der Waals surface area contributed by atoms with Crippen LogP contribution in [0.1, 0.15) is 23.6 Å². The summed E-state index contributed by atoms with van der Waals surface area (Å²) in [5.41, 5.74) is 3.80. The van der Waals surface area contributed by atoms with Gasteiger partial charge in [-0.1, -0.05) is 66.7 Å². The number of morpholine rings is 1. The van der Waals surface area contributed by atoms with Gasteiger partial charge >= 0.3 is 6.03 Å². The van der Waals surface area contributed by atoms with E-state index in [1.807, 2.05) is 61.5 Å². The van der Waals surface area contributed by atoms with Gasteiger partial charge in [0.25, 0.3) is 0 Å². The van der Waals surface area contributed by atoms with E-state index in [-0.39, 0.29) is 43.1 Å². The van der Waals surface area contributed by atoms with Crippen LogP contribution in [0, 0.1) is 0 Å². The molecule has 0 bridgehead atoms. The maximum atomic E-state index is 14.3. The van der Waals surface area contributed by atoms with Gasteiger partial charge < -0.3 is 29.9 Å². The molecule has 0 unspecified atom stereocenters. The number of fused-ring (bicyclic) bond motifs is 1. The van der Waals surface area contributed by atoms with Crippen molar-refractivity contribution in [2.24, 2.45) is 0 Å². The number of hydrogen-bond acceptors (Lipinski definition) is 7. The normalized spacial score (nSPS) is 20.5. The van der Waals surface area contributed by atoms with E-state index in [4.69, 9.17) is 4.74 Å². The van der Waals surface area contributed by atoms with Crippen molar-refractivity contribution in [2.45, 2.75) is 38.6 Å². The van der Waals surface area contributed by atoms with Crippen molar-refractivity contribution in [3.8, 4) is 5.75 Å². The van der Waals surface area contributed by atoms with Gasteiger partial charge in [-0.05, 0) is 47.9 Å². The molecule has 0 aliphatic carbocycles. The van der Waals surface area contributed by atoms with Crippen LogP contribution < -0.4 is 10.2 Å². The third-order valence-electron chi connectivity index (χ3n) is 8.90. The fraction of sp³-hybridized carbons (Fsp3) is 0.361. The standard InChI is InChI=1S/C36H42N6O5/c1-2-3-16-40-26-34(44)41-32(22-27-12-14-31(43)15-13-27)35(45)39(24-29-10-7-11-30(21-29)38-17-19-47-20-18-38)25-33(41)42(40)36(46)37-23-28-8-5-4-6-9-28/h2-15,21,32-33,43H,16-20,22-26H2,1H3,(H,37,46)/b3-2-/t32-,33-/m0/s1. The molecule has 0 spiro atoms. The van der Waals surface area contributed by atoms with Gasteiger partial charge in [0, 0.05) is 44.8 Å². The summed E-state index contributed by atoms with van der Waals surface area (Å²) < 4.78 is 5.53. The Hall–Kier alpha value is -4.87. The SMILES string of the molecule is C/C=C\CN1CC(=O)N2[C@@H](Cc3ccc(O)cc3)C(=O)N(Cc3cccc(N4CCOCC4)c3)C[C@@H]2N1C(=O)NCc1ccccc1. The van der Waals surface area contributed by atoms with Gasteiger partial charge in [-0.3, -0.25) is 9.59 Å². The third-order valence-corrected chi connectivity index (χ3v) is 8.90. The molecule has 3 fully saturated rings. The van der Waals surface area contributed by atoms with E-state index in [0.717, 1.165) is 35.5 Å². The van der Waals surface area contributed by atoms with Gasteiger partial charge in [0.05, 0.1) is 26.3 Å². The predicted octanol–water partition coefficient (Wildman–Crippen LogP) is 3.36. The maximum Gasteiger partial charge on any atom is 0.334 e. The summed E-state index contributed by atoms with van der Waals surface area (Å²) in [7, 11) is 0. The summed E-state index contributed by atoms with van der Waals surface area (Å²) in [5, 5.41) is 16.3. The van der Waals surface area contributed by atoms with Crippen molar-refractivity contribution < 1.29 is 24.2 Å². The molecule has 0 saturated carbocycles. The number of hydrazine groups is 1. The average Bonchev–Trinajstić information content (AvgIpc) is 3.10. The first-order valence-corrected chi connectivity index (χ1v) is 16.2. The maximum absolute atomic E-state index is 14.3. The number of rotatable bonds is 9. The van der Waals surface area contributed by atoms with E-state index in [9.17, 15) is 19.5 Å². The Morgan fingerprint density at radius 1 is 0.957 bits per heavy atom. The average molecular weight is 639 g/mol.